The van der Waals surface area contributed by atoms with E-state index < -0.39 is 12.0 Å². The lowest BCUT2D eigenvalue weighted by molar-refractivity contribution is -0.138. The highest BCUT2D eigenvalue weighted by atomic mass is 16.4. The molecular formula is C11H16N2O2. The third-order valence-corrected chi connectivity index (χ3v) is 2.20. The van der Waals surface area contributed by atoms with Crippen LogP contribution in [0.2, 0.25) is 0 Å². The summed E-state index contributed by atoms with van der Waals surface area (Å²) in [7, 11) is 0. The molecular weight excluding hydrogens is 192 g/mol. The van der Waals surface area contributed by atoms with Crippen LogP contribution in [0.25, 0.3) is 0 Å². The topological polar surface area (TPSA) is 89.3 Å². The van der Waals surface area contributed by atoms with Gasteiger partial charge in [-0.1, -0.05) is 24.3 Å². The molecule has 0 aliphatic heterocycles. The fourth-order valence-electron chi connectivity index (χ4n) is 1.42. The van der Waals surface area contributed by atoms with Gasteiger partial charge in [0.15, 0.2) is 0 Å². The summed E-state index contributed by atoms with van der Waals surface area (Å²) >= 11 is 0. The van der Waals surface area contributed by atoms with E-state index in [0.29, 0.717) is 13.0 Å². The molecule has 0 bridgehead atoms. The first-order chi connectivity index (χ1) is 7.13. The van der Waals surface area contributed by atoms with Crippen molar-refractivity contribution in [2.45, 2.75) is 18.9 Å². The van der Waals surface area contributed by atoms with Crippen LogP contribution in [0.4, 0.5) is 0 Å². The molecule has 1 aromatic rings. The van der Waals surface area contributed by atoms with Gasteiger partial charge in [-0.3, -0.25) is 4.79 Å². The van der Waals surface area contributed by atoms with E-state index in [1.807, 2.05) is 24.3 Å². The molecule has 0 amide bonds. The van der Waals surface area contributed by atoms with E-state index in [9.17, 15) is 4.79 Å². The summed E-state index contributed by atoms with van der Waals surface area (Å²) in [6, 6.07) is 6.87. The van der Waals surface area contributed by atoms with Crippen molar-refractivity contribution in [3.8, 4) is 0 Å². The first kappa shape index (κ1) is 11.7. The first-order valence-electron chi connectivity index (χ1n) is 4.89. The molecule has 4 nitrogen and oxygen atoms in total. The Morgan fingerprint density at radius 1 is 1.40 bits per heavy atom. The second-order valence-corrected chi connectivity index (χ2v) is 3.51. The molecule has 82 valence electrons. The van der Waals surface area contributed by atoms with E-state index in [1.165, 1.54) is 0 Å². The molecule has 1 atom stereocenters. The largest absolute Gasteiger partial charge is 0.480 e. The molecule has 0 saturated heterocycles. The minimum Gasteiger partial charge on any atom is -0.480 e. The predicted octanol–water partition coefficient (Wildman–Crippen LogP) is 0.142. The van der Waals surface area contributed by atoms with Gasteiger partial charge < -0.3 is 16.6 Å². The monoisotopic (exact) mass is 208 g/mol. The fraction of sp³-hybridized carbons (Fsp3) is 0.364. The SMILES string of the molecule is NCCc1cccc(C[C@H](N)C(=O)O)c1. The van der Waals surface area contributed by atoms with E-state index >= 15 is 0 Å². The molecule has 0 spiro atoms. The maximum Gasteiger partial charge on any atom is 0.320 e. The van der Waals surface area contributed by atoms with Gasteiger partial charge in [0.2, 0.25) is 0 Å². The maximum atomic E-state index is 10.6. The molecule has 0 heterocycles. The zero-order chi connectivity index (χ0) is 11.3. The zero-order valence-electron chi connectivity index (χ0n) is 8.52. The van der Waals surface area contributed by atoms with Crippen LogP contribution in [0.3, 0.4) is 0 Å². The van der Waals surface area contributed by atoms with Crippen LogP contribution in [0, 0.1) is 0 Å². The first-order valence-corrected chi connectivity index (χ1v) is 4.89. The Morgan fingerprint density at radius 3 is 2.67 bits per heavy atom. The number of carbonyl (C=O) groups is 1. The summed E-state index contributed by atoms with van der Waals surface area (Å²) in [6.07, 6.45) is 1.16. The van der Waals surface area contributed by atoms with Gasteiger partial charge >= 0.3 is 5.97 Å². The normalized spacial score (nSPS) is 12.4. The molecule has 0 aliphatic rings. The van der Waals surface area contributed by atoms with E-state index in [0.717, 1.165) is 17.5 Å². The van der Waals surface area contributed by atoms with Crippen LogP contribution < -0.4 is 11.5 Å². The van der Waals surface area contributed by atoms with Gasteiger partial charge in [0.05, 0.1) is 0 Å². The number of carboxylic acids is 1. The quantitative estimate of drug-likeness (QED) is 0.642. The highest BCUT2D eigenvalue weighted by molar-refractivity contribution is 5.73. The lowest BCUT2D eigenvalue weighted by Gasteiger charge is -2.07. The van der Waals surface area contributed by atoms with Crippen molar-refractivity contribution in [1.82, 2.24) is 0 Å². The van der Waals surface area contributed by atoms with E-state index in [2.05, 4.69) is 0 Å². The molecule has 0 radical (unpaired) electrons. The number of benzene rings is 1. The van der Waals surface area contributed by atoms with Gasteiger partial charge in [-0.2, -0.15) is 0 Å². The van der Waals surface area contributed by atoms with Crippen LogP contribution in [-0.2, 0) is 17.6 Å². The molecule has 1 aromatic carbocycles. The lowest BCUT2D eigenvalue weighted by Crippen LogP contribution is -2.32. The Hall–Kier alpha value is -1.39. The second-order valence-electron chi connectivity index (χ2n) is 3.51. The summed E-state index contributed by atoms with van der Waals surface area (Å²) in [4.78, 5) is 10.6. The van der Waals surface area contributed by atoms with E-state index in [1.54, 1.807) is 0 Å². The minimum absolute atomic E-state index is 0.355. The van der Waals surface area contributed by atoms with Gasteiger partial charge in [0.25, 0.3) is 0 Å². The molecule has 0 saturated carbocycles. The van der Waals surface area contributed by atoms with Crippen molar-refractivity contribution in [1.29, 1.82) is 0 Å². The maximum absolute atomic E-state index is 10.6. The summed E-state index contributed by atoms with van der Waals surface area (Å²) in [5.74, 6) is -0.973. The smallest absolute Gasteiger partial charge is 0.320 e. The lowest BCUT2D eigenvalue weighted by atomic mass is 10.0. The fourth-order valence-corrected chi connectivity index (χ4v) is 1.42. The van der Waals surface area contributed by atoms with Crippen LogP contribution in [0.1, 0.15) is 11.1 Å². The number of nitrogens with two attached hydrogens (primary N) is 2. The molecule has 4 heteroatoms. The summed E-state index contributed by atoms with van der Waals surface area (Å²) in [6.45, 7) is 0.592. The van der Waals surface area contributed by atoms with Crippen LogP contribution in [-0.4, -0.2) is 23.7 Å². The molecule has 0 aliphatic carbocycles. The van der Waals surface area contributed by atoms with Crippen molar-refractivity contribution in [3.05, 3.63) is 35.4 Å². The van der Waals surface area contributed by atoms with Gasteiger partial charge in [-0.05, 0) is 30.5 Å². The number of rotatable bonds is 5. The predicted molar refractivity (Wildman–Crippen MR) is 58.5 cm³/mol. The summed E-state index contributed by atoms with van der Waals surface area (Å²) in [5, 5.41) is 8.67. The molecule has 0 fully saturated rings. The molecule has 0 unspecified atom stereocenters. The van der Waals surface area contributed by atoms with Gasteiger partial charge in [-0.15, -0.1) is 0 Å². The van der Waals surface area contributed by atoms with Gasteiger partial charge in [-0.25, -0.2) is 0 Å². The Kier molecular flexibility index (Phi) is 4.27. The Balaban J connectivity index is 2.68. The van der Waals surface area contributed by atoms with Crippen LogP contribution in [0.5, 0.6) is 0 Å². The average molecular weight is 208 g/mol. The van der Waals surface area contributed by atoms with Gasteiger partial charge in [0, 0.05) is 0 Å². The van der Waals surface area contributed by atoms with E-state index in [-0.39, 0.29) is 0 Å². The Labute approximate surface area is 88.9 Å². The van der Waals surface area contributed by atoms with Crippen molar-refractivity contribution >= 4 is 5.97 Å². The zero-order valence-corrected chi connectivity index (χ0v) is 8.52. The van der Waals surface area contributed by atoms with Crippen molar-refractivity contribution in [2.24, 2.45) is 11.5 Å². The molecule has 15 heavy (non-hydrogen) atoms. The van der Waals surface area contributed by atoms with Crippen molar-refractivity contribution < 1.29 is 9.90 Å². The second kappa shape index (κ2) is 5.48. The summed E-state index contributed by atoms with van der Waals surface area (Å²) in [5.41, 5.74) is 12.9. The minimum atomic E-state index is -0.973. The standard InChI is InChI=1S/C11H16N2O2/c12-5-4-8-2-1-3-9(6-8)7-10(13)11(14)15/h1-3,6,10H,4-5,7,12-13H2,(H,14,15)/t10-/m0/s1. The molecule has 1 rings (SSSR count). The number of hydrogen-bond acceptors (Lipinski definition) is 3. The highest BCUT2D eigenvalue weighted by Crippen LogP contribution is 2.07. The third-order valence-electron chi connectivity index (χ3n) is 2.20. The van der Waals surface area contributed by atoms with Gasteiger partial charge in [0.1, 0.15) is 6.04 Å². The number of hydrogen-bond donors (Lipinski definition) is 3. The third kappa shape index (κ3) is 3.69. The van der Waals surface area contributed by atoms with E-state index in [4.69, 9.17) is 16.6 Å². The van der Waals surface area contributed by atoms with Crippen LogP contribution in [0.15, 0.2) is 24.3 Å². The summed E-state index contributed by atoms with van der Waals surface area (Å²) < 4.78 is 0. The number of carboxylic acid groups (broad SMARTS) is 1. The van der Waals surface area contributed by atoms with Crippen molar-refractivity contribution in [2.75, 3.05) is 6.54 Å². The number of aliphatic carboxylic acids is 1. The Bertz CT molecular complexity index is 339. The average Bonchev–Trinajstić information content (AvgIpc) is 2.18. The van der Waals surface area contributed by atoms with Crippen LogP contribution >= 0.6 is 0 Å². The highest BCUT2D eigenvalue weighted by Gasteiger charge is 2.11. The van der Waals surface area contributed by atoms with Crippen molar-refractivity contribution in [3.63, 3.8) is 0 Å². The molecule has 0 aromatic heterocycles. The molecule has 5 N–H and O–H groups in total. The Morgan fingerprint density at radius 2 is 2.07 bits per heavy atom.